The van der Waals surface area contributed by atoms with Crippen LogP contribution in [0, 0.1) is 11.3 Å². The number of nitrogens with zero attached hydrogens (tertiary/aromatic N) is 1. The van der Waals surface area contributed by atoms with Gasteiger partial charge in [0.15, 0.2) is 17.2 Å². The monoisotopic (exact) mass is 473 g/mol. The summed E-state index contributed by atoms with van der Waals surface area (Å²) in [7, 11) is 3.05. The maximum Gasteiger partial charge on any atom is 0.238 e. The highest BCUT2D eigenvalue weighted by Gasteiger charge is 2.33. The molecule has 9 nitrogen and oxygen atoms in total. The highest BCUT2D eigenvalue weighted by Crippen LogP contribution is 2.49. The van der Waals surface area contributed by atoms with Gasteiger partial charge in [0.05, 0.1) is 42.5 Å². The number of carbonyl (C=O) groups is 1. The number of methoxy groups -OCH3 is 2. The van der Waals surface area contributed by atoms with Gasteiger partial charge in [-0.3, -0.25) is 4.79 Å². The third-order valence-electron chi connectivity index (χ3n) is 4.67. The van der Waals surface area contributed by atoms with Crippen molar-refractivity contribution in [3.63, 3.8) is 0 Å². The summed E-state index contributed by atoms with van der Waals surface area (Å²) < 4.78 is 17.1. The molecular formula is C20H20BrN5O4. The van der Waals surface area contributed by atoms with Crippen LogP contribution in [0.4, 0.5) is 11.4 Å². The van der Waals surface area contributed by atoms with Gasteiger partial charge in [0, 0.05) is 5.56 Å². The number of halogens is 1. The van der Waals surface area contributed by atoms with Crippen LogP contribution in [-0.4, -0.2) is 26.7 Å². The van der Waals surface area contributed by atoms with Gasteiger partial charge < -0.3 is 36.7 Å². The van der Waals surface area contributed by atoms with Crippen LogP contribution >= 0.6 is 15.9 Å². The van der Waals surface area contributed by atoms with Gasteiger partial charge >= 0.3 is 0 Å². The number of benzene rings is 2. The predicted octanol–water partition coefficient (Wildman–Crippen LogP) is 2.16. The van der Waals surface area contributed by atoms with Gasteiger partial charge in [0.2, 0.25) is 11.8 Å². The Morgan fingerprint density at radius 1 is 1.30 bits per heavy atom. The summed E-state index contributed by atoms with van der Waals surface area (Å²) in [6.07, 6.45) is 0. The van der Waals surface area contributed by atoms with E-state index in [-0.39, 0.29) is 29.4 Å². The van der Waals surface area contributed by atoms with E-state index in [1.165, 1.54) is 14.2 Å². The summed E-state index contributed by atoms with van der Waals surface area (Å²) in [5.41, 5.74) is 19.7. The van der Waals surface area contributed by atoms with E-state index in [0.29, 0.717) is 32.8 Å². The number of allylic oxidation sites excluding steroid dienone is 1. The number of carbonyl (C=O) groups excluding carboxylic acids is 1. The number of fused-ring (bicyclic) bond motifs is 1. The Morgan fingerprint density at radius 3 is 2.63 bits per heavy atom. The summed E-state index contributed by atoms with van der Waals surface area (Å²) in [6.45, 7) is -0.194. The minimum atomic E-state index is -0.573. The number of hydrogen-bond donors (Lipinski definition) is 4. The van der Waals surface area contributed by atoms with Crippen LogP contribution in [0.3, 0.4) is 0 Å². The lowest BCUT2D eigenvalue weighted by atomic mass is 9.83. The molecule has 2 aromatic carbocycles. The zero-order valence-electron chi connectivity index (χ0n) is 16.3. The minimum Gasteiger partial charge on any atom is -0.493 e. The smallest absolute Gasteiger partial charge is 0.238 e. The Bertz CT molecular complexity index is 1090. The number of nitrogens with two attached hydrogens (primary N) is 3. The predicted molar refractivity (Wildman–Crippen MR) is 115 cm³/mol. The molecule has 2 aromatic rings. The molecular weight excluding hydrogens is 454 g/mol. The number of rotatable bonds is 5. The van der Waals surface area contributed by atoms with Gasteiger partial charge in [-0.05, 0) is 39.7 Å². The van der Waals surface area contributed by atoms with E-state index in [2.05, 4.69) is 27.3 Å². The number of ether oxygens (including phenoxy) is 3. The molecule has 1 atom stereocenters. The molecule has 7 N–H and O–H groups in total. The standard InChI is InChI=1S/C20H20BrN5O4/c1-28-14-6-9(5-12(21)19(14)29-2)16-10-3-4-13(26-15(27)8-23)17(24)18(10)30-20(25)11(16)7-22/h3-6,16H,8,23-25H2,1-2H3,(H,26,27). The Labute approximate surface area is 181 Å². The molecule has 0 bridgehead atoms. The summed E-state index contributed by atoms with van der Waals surface area (Å²) >= 11 is 3.47. The Morgan fingerprint density at radius 2 is 2.03 bits per heavy atom. The van der Waals surface area contributed by atoms with Crippen LogP contribution < -0.4 is 36.7 Å². The maximum atomic E-state index is 11.7. The number of nitriles is 1. The maximum absolute atomic E-state index is 11.7. The van der Waals surface area contributed by atoms with Crippen molar-refractivity contribution in [3.05, 3.63) is 51.3 Å². The lowest BCUT2D eigenvalue weighted by Gasteiger charge is -2.28. The molecule has 1 aliphatic heterocycles. The second-order valence-corrected chi connectivity index (χ2v) is 7.21. The zero-order valence-corrected chi connectivity index (χ0v) is 17.9. The summed E-state index contributed by atoms with van der Waals surface area (Å²) in [4.78, 5) is 11.7. The van der Waals surface area contributed by atoms with Gasteiger partial charge in [-0.25, -0.2) is 0 Å². The number of nitrogens with one attached hydrogen (secondary N) is 1. The van der Waals surface area contributed by atoms with E-state index in [4.69, 9.17) is 31.4 Å². The lowest BCUT2D eigenvalue weighted by Crippen LogP contribution is -2.24. The Hall–Kier alpha value is -3.42. The van der Waals surface area contributed by atoms with Crippen molar-refractivity contribution in [3.8, 4) is 23.3 Å². The molecule has 0 saturated carbocycles. The average molecular weight is 474 g/mol. The first-order valence-electron chi connectivity index (χ1n) is 8.77. The first kappa shape index (κ1) is 21.3. The Kier molecular flexibility index (Phi) is 6.05. The second-order valence-electron chi connectivity index (χ2n) is 6.36. The summed E-state index contributed by atoms with van der Waals surface area (Å²) in [5, 5.41) is 12.4. The molecule has 30 heavy (non-hydrogen) atoms. The largest absolute Gasteiger partial charge is 0.493 e. The summed E-state index contributed by atoms with van der Waals surface area (Å²) in [6, 6.07) is 9.04. The van der Waals surface area contributed by atoms with Crippen molar-refractivity contribution in [1.29, 1.82) is 5.26 Å². The number of anilines is 2. The highest BCUT2D eigenvalue weighted by molar-refractivity contribution is 9.10. The van der Waals surface area contributed by atoms with Gasteiger partial charge in [-0.15, -0.1) is 0 Å². The quantitative estimate of drug-likeness (QED) is 0.480. The van der Waals surface area contributed by atoms with Crippen LogP contribution in [0.15, 0.2) is 40.2 Å². The number of amides is 1. The molecule has 1 amide bonds. The normalized spacial score (nSPS) is 15.0. The molecule has 0 spiro atoms. The molecule has 3 rings (SSSR count). The van der Waals surface area contributed by atoms with E-state index >= 15 is 0 Å². The van der Waals surface area contributed by atoms with E-state index in [0.717, 1.165) is 0 Å². The van der Waals surface area contributed by atoms with E-state index in [1.807, 2.05) is 6.07 Å². The van der Waals surface area contributed by atoms with Crippen molar-refractivity contribution < 1.29 is 19.0 Å². The topological polar surface area (TPSA) is 159 Å². The Balaban J connectivity index is 2.21. The molecule has 0 aliphatic carbocycles. The molecule has 1 aliphatic rings. The van der Waals surface area contributed by atoms with Crippen molar-refractivity contribution in [1.82, 2.24) is 0 Å². The second kappa shape index (κ2) is 8.52. The van der Waals surface area contributed by atoms with Crippen molar-refractivity contribution in [2.24, 2.45) is 11.5 Å². The van der Waals surface area contributed by atoms with E-state index in [1.54, 1.807) is 18.2 Å². The average Bonchev–Trinajstić information content (AvgIpc) is 2.74. The molecule has 0 fully saturated rings. The van der Waals surface area contributed by atoms with Crippen LogP contribution in [0.1, 0.15) is 17.0 Å². The molecule has 0 radical (unpaired) electrons. The van der Waals surface area contributed by atoms with Crippen LogP contribution in [-0.2, 0) is 4.79 Å². The van der Waals surface area contributed by atoms with Gasteiger partial charge in [-0.1, -0.05) is 6.07 Å². The number of nitrogen functional groups attached to an aromatic ring is 1. The fourth-order valence-corrected chi connectivity index (χ4v) is 3.92. The third-order valence-corrected chi connectivity index (χ3v) is 5.26. The van der Waals surface area contributed by atoms with Gasteiger partial charge in [0.1, 0.15) is 11.6 Å². The molecule has 1 heterocycles. The first-order chi connectivity index (χ1) is 14.4. The molecule has 10 heteroatoms. The minimum absolute atomic E-state index is 0.0742. The highest BCUT2D eigenvalue weighted by atomic mass is 79.9. The van der Waals surface area contributed by atoms with Crippen LogP contribution in [0.25, 0.3) is 0 Å². The zero-order chi connectivity index (χ0) is 22.0. The van der Waals surface area contributed by atoms with Gasteiger partial charge in [0.25, 0.3) is 0 Å². The number of hydrogen-bond acceptors (Lipinski definition) is 8. The van der Waals surface area contributed by atoms with Crippen LogP contribution in [0.2, 0.25) is 0 Å². The lowest BCUT2D eigenvalue weighted by molar-refractivity contribution is -0.114. The SMILES string of the molecule is COc1cc(C2C(C#N)=C(N)Oc3c2ccc(NC(=O)CN)c3N)cc(Br)c1OC. The molecule has 0 saturated heterocycles. The molecule has 156 valence electrons. The van der Waals surface area contributed by atoms with Gasteiger partial charge in [-0.2, -0.15) is 5.26 Å². The molecule has 1 unspecified atom stereocenters. The fourth-order valence-electron chi connectivity index (χ4n) is 3.30. The third kappa shape index (κ3) is 3.60. The summed E-state index contributed by atoms with van der Waals surface area (Å²) in [5.74, 6) is 0.205. The van der Waals surface area contributed by atoms with Crippen LogP contribution in [0.5, 0.6) is 17.2 Å². The van der Waals surface area contributed by atoms with E-state index in [9.17, 15) is 10.1 Å². The van der Waals surface area contributed by atoms with Crippen molar-refractivity contribution in [2.75, 3.05) is 31.8 Å². The fraction of sp³-hybridized carbons (Fsp3) is 0.200. The molecule has 0 aromatic heterocycles. The van der Waals surface area contributed by atoms with Crippen molar-refractivity contribution >= 4 is 33.2 Å². The van der Waals surface area contributed by atoms with Crippen molar-refractivity contribution in [2.45, 2.75) is 5.92 Å². The van der Waals surface area contributed by atoms with E-state index < -0.39 is 11.8 Å². The first-order valence-corrected chi connectivity index (χ1v) is 9.56.